The first-order valence-corrected chi connectivity index (χ1v) is 24.7. The smallest absolute Gasteiger partial charge is 0.180 e. The van der Waals surface area contributed by atoms with Gasteiger partial charge in [0.15, 0.2) is 15.6 Å². The summed E-state index contributed by atoms with van der Waals surface area (Å²) in [7, 11) is -0.748. The maximum atomic E-state index is 14.3. The Labute approximate surface area is 365 Å². The van der Waals surface area contributed by atoms with Crippen LogP contribution in [0.1, 0.15) is 90.4 Å². The number of ketones is 1. The summed E-state index contributed by atoms with van der Waals surface area (Å²) in [5, 5.41) is 11.3. The first-order valence-electron chi connectivity index (χ1n) is 23.0. The number of carbonyl (C=O) groups excluding carboxylic acids is 1. The van der Waals surface area contributed by atoms with Crippen molar-refractivity contribution in [3.8, 4) is 5.75 Å². The number of rotatable bonds is 7. The zero-order chi connectivity index (χ0) is 43.1. The summed E-state index contributed by atoms with van der Waals surface area (Å²) in [4.78, 5) is 14.4. The average Bonchev–Trinajstić information content (AvgIpc) is 3.92. The van der Waals surface area contributed by atoms with Crippen LogP contribution in [0.3, 0.4) is 0 Å². The number of aliphatic hydroxyl groups excluding tert-OH is 1. The topological polar surface area (TPSA) is 164 Å². The highest BCUT2D eigenvalue weighted by Gasteiger charge is 2.68. The summed E-state index contributed by atoms with van der Waals surface area (Å²) in [6, 6.07) is 6.11. The van der Waals surface area contributed by atoms with Crippen LogP contribution in [0.4, 0.5) is 0 Å². The van der Waals surface area contributed by atoms with Gasteiger partial charge in [-0.3, -0.25) is 4.79 Å². The second kappa shape index (κ2) is 17.2. The number of benzene rings is 1. The van der Waals surface area contributed by atoms with E-state index in [1.807, 2.05) is 0 Å². The fourth-order valence-corrected chi connectivity index (χ4v) is 13.8. The van der Waals surface area contributed by atoms with Crippen molar-refractivity contribution in [3.05, 3.63) is 48.6 Å². The molecule has 62 heavy (non-hydrogen) atoms. The predicted octanol–water partition coefficient (Wildman–Crippen LogP) is 4.96. The molecule has 0 radical (unpaired) electrons. The van der Waals surface area contributed by atoms with Gasteiger partial charge >= 0.3 is 0 Å². The fourth-order valence-electron chi connectivity index (χ4n) is 12.4. The van der Waals surface area contributed by atoms with Crippen LogP contribution in [0.5, 0.6) is 5.75 Å². The molecule has 10 aliphatic heterocycles. The second-order valence-corrected chi connectivity index (χ2v) is 21.7. The van der Waals surface area contributed by atoms with Gasteiger partial charge in [-0.15, -0.1) is 0 Å². The highest BCUT2D eigenvalue weighted by atomic mass is 32.2. The minimum atomic E-state index is -3.84. The molecule has 10 saturated heterocycles. The molecule has 1 unspecified atom stereocenters. The van der Waals surface area contributed by atoms with Crippen molar-refractivity contribution in [3.63, 3.8) is 0 Å². The average molecular weight is 885 g/mol. The van der Waals surface area contributed by atoms with E-state index in [1.165, 1.54) is 19.2 Å². The van der Waals surface area contributed by atoms with Crippen LogP contribution in [0.25, 0.3) is 0 Å². The summed E-state index contributed by atoms with van der Waals surface area (Å²) in [6.07, 6.45) is 1.83. The Kier molecular flexibility index (Phi) is 12.1. The van der Waals surface area contributed by atoms with Gasteiger partial charge in [-0.1, -0.05) is 20.1 Å². The van der Waals surface area contributed by atoms with Gasteiger partial charge in [0.25, 0.3) is 0 Å². The molecule has 0 aromatic heterocycles. The van der Waals surface area contributed by atoms with E-state index in [9.17, 15) is 18.3 Å². The number of fused-ring (bicyclic) bond motifs is 6. The SMILES string of the molecule is C=C1C[C@@H]2CC[C@@]34C[C@@H]5O[C@@H]6C(O[C@H]7CC[C@H](CC(=O)C[C@@H]8[C@@H](OC)[C@@H](C[C@H](O)CS(=O)(=O)c9ccc(OC)cc9)O[C@H]8C[C@H]8O[C@@H](CC[C@@H]1O2)C[C@@H](C)C8=C)O[C@@H]7[C@@H]6O3)[C@H]5O4. The number of sulfone groups is 1. The van der Waals surface area contributed by atoms with Crippen molar-refractivity contribution in [2.45, 2.75) is 199 Å². The number of hydrogen-bond acceptors (Lipinski definition) is 14. The van der Waals surface area contributed by atoms with Crippen molar-refractivity contribution >= 4 is 15.6 Å². The number of Topliss-reactive ketones (excluding diaryl/α,β-unsaturated/α-hetero) is 1. The molecule has 0 amide bonds. The zero-order valence-electron chi connectivity index (χ0n) is 36.2. The second-order valence-electron chi connectivity index (χ2n) is 19.6. The number of carbonyl (C=O) groups is 1. The Morgan fingerprint density at radius 3 is 2.29 bits per heavy atom. The standard InChI is InChI=1S/C47H64O14S/c1-24-16-30-8-12-35-25(2)17-32(54-35)14-15-47-22-40-43(60-47)44-45(59-40)46(61-47)42-36(58-44)13-9-31(56-42)18-27(48)19-34-38(21-37(55-30)26(24)3)57-39(41(34)53-5)20-28(49)23-62(50,51)33-10-6-29(52-4)7-11-33/h6-7,10-11,24,28,30-32,34-46,49H,2-3,8-9,12-23H2,1,4-5H3/t24-,28+,30+,31-,32+,34+,35+,36+,37-,38+,39-,40+,41-,42+,43+,44?,45-,46+,47+/m1/s1. The molecule has 12 bridgehead atoms. The molecule has 15 heteroatoms. The number of ether oxygens (including phenoxy) is 10. The van der Waals surface area contributed by atoms with Crippen LogP contribution in [0.2, 0.25) is 0 Å². The van der Waals surface area contributed by atoms with Crippen LogP contribution in [0.15, 0.2) is 53.5 Å². The summed E-state index contributed by atoms with van der Waals surface area (Å²) < 4.78 is 92.3. The summed E-state index contributed by atoms with van der Waals surface area (Å²) in [5.74, 6) is -0.975. The van der Waals surface area contributed by atoms with Gasteiger partial charge in [-0.05, 0) is 86.3 Å². The molecule has 10 aliphatic rings. The molecule has 10 heterocycles. The molecular formula is C47H64O14S. The number of methoxy groups -OCH3 is 2. The Hall–Kier alpha value is -2.28. The van der Waals surface area contributed by atoms with Gasteiger partial charge in [-0.25, -0.2) is 8.42 Å². The molecule has 1 N–H and O–H groups in total. The minimum Gasteiger partial charge on any atom is -0.497 e. The summed E-state index contributed by atoms with van der Waals surface area (Å²) in [6.45, 7) is 11.1. The van der Waals surface area contributed by atoms with Crippen molar-refractivity contribution < 1.29 is 65.7 Å². The summed E-state index contributed by atoms with van der Waals surface area (Å²) in [5.41, 5.74) is 2.09. The molecule has 1 aromatic rings. The molecule has 11 rings (SSSR count). The van der Waals surface area contributed by atoms with Crippen LogP contribution >= 0.6 is 0 Å². The van der Waals surface area contributed by atoms with Gasteiger partial charge in [-0.2, -0.15) is 0 Å². The van der Waals surface area contributed by atoms with Gasteiger partial charge in [0, 0.05) is 51.6 Å². The van der Waals surface area contributed by atoms with Crippen molar-refractivity contribution in [1.82, 2.24) is 0 Å². The van der Waals surface area contributed by atoms with Crippen LogP contribution in [-0.2, 0) is 57.3 Å². The minimum absolute atomic E-state index is 0.000192. The van der Waals surface area contributed by atoms with Crippen LogP contribution in [-0.4, -0.2) is 143 Å². The Morgan fingerprint density at radius 2 is 1.50 bits per heavy atom. The van der Waals surface area contributed by atoms with Gasteiger partial charge in [0.1, 0.15) is 42.1 Å². The summed E-state index contributed by atoms with van der Waals surface area (Å²) >= 11 is 0. The van der Waals surface area contributed by atoms with E-state index >= 15 is 0 Å². The van der Waals surface area contributed by atoms with E-state index < -0.39 is 57.8 Å². The molecule has 0 aliphatic carbocycles. The molecule has 1 aromatic carbocycles. The number of aliphatic hydroxyl groups is 1. The normalized spacial score (nSPS) is 46.0. The van der Waals surface area contributed by atoms with E-state index in [0.29, 0.717) is 31.4 Å². The lowest BCUT2D eigenvalue weighted by Crippen LogP contribution is -2.61. The van der Waals surface area contributed by atoms with E-state index in [4.69, 9.17) is 47.4 Å². The third-order valence-electron chi connectivity index (χ3n) is 15.5. The lowest BCUT2D eigenvalue weighted by atomic mass is 9.81. The molecule has 1 spiro atoms. The van der Waals surface area contributed by atoms with Crippen molar-refractivity contribution in [2.75, 3.05) is 20.0 Å². The highest BCUT2D eigenvalue weighted by Crippen LogP contribution is 2.54. The van der Waals surface area contributed by atoms with Gasteiger partial charge < -0.3 is 52.5 Å². The quantitative estimate of drug-likeness (QED) is 0.366. The van der Waals surface area contributed by atoms with E-state index in [1.54, 1.807) is 19.2 Å². The van der Waals surface area contributed by atoms with Crippen molar-refractivity contribution in [1.29, 1.82) is 0 Å². The number of hydrogen-bond donors (Lipinski definition) is 1. The third-order valence-corrected chi connectivity index (χ3v) is 17.3. The molecule has 0 saturated carbocycles. The van der Waals surface area contributed by atoms with E-state index in [0.717, 1.165) is 49.7 Å². The van der Waals surface area contributed by atoms with E-state index in [2.05, 4.69) is 20.1 Å². The maximum Gasteiger partial charge on any atom is 0.180 e. The monoisotopic (exact) mass is 884 g/mol. The van der Waals surface area contributed by atoms with E-state index in [-0.39, 0.29) is 103 Å². The molecule has 19 atom stereocenters. The maximum absolute atomic E-state index is 14.3. The highest BCUT2D eigenvalue weighted by molar-refractivity contribution is 7.91. The van der Waals surface area contributed by atoms with Gasteiger partial charge in [0.2, 0.25) is 0 Å². The van der Waals surface area contributed by atoms with Crippen LogP contribution < -0.4 is 4.74 Å². The van der Waals surface area contributed by atoms with Crippen LogP contribution in [0, 0.1) is 11.8 Å². The molecule has 14 nitrogen and oxygen atoms in total. The van der Waals surface area contributed by atoms with Crippen molar-refractivity contribution in [2.24, 2.45) is 11.8 Å². The molecule has 10 fully saturated rings. The largest absolute Gasteiger partial charge is 0.497 e. The zero-order valence-corrected chi connectivity index (χ0v) is 37.0. The lowest BCUT2D eigenvalue weighted by molar-refractivity contribution is -0.292. The first kappa shape index (κ1) is 43.6. The first-order chi connectivity index (χ1) is 29.8. The van der Waals surface area contributed by atoms with Gasteiger partial charge in [0.05, 0.1) is 84.9 Å². The Bertz CT molecular complexity index is 1960. The Morgan fingerprint density at radius 1 is 0.774 bits per heavy atom. The lowest BCUT2D eigenvalue weighted by Gasteiger charge is -2.47. The fraction of sp³-hybridized carbons (Fsp3) is 0.766. The predicted molar refractivity (Wildman–Crippen MR) is 222 cm³/mol. The molecular weight excluding hydrogens is 821 g/mol. The third kappa shape index (κ3) is 8.28. The molecule has 342 valence electrons. The Balaban J connectivity index is 0.904.